The predicted octanol–water partition coefficient (Wildman–Crippen LogP) is 10.6. The molecule has 11 heteroatoms. The third-order valence-corrected chi connectivity index (χ3v) is 9.42. The Bertz CT molecular complexity index is 2330. The first-order valence-electron chi connectivity index (χ1n) is 20.1. The smallest absolute Gasteiger partial charge is 0.343 e. The Kier molecular flexibility index (Phi) is 16.7. The molecule has 0 saturated heterocycles. The number of esters is 4. The highest BCUT2D eigenvalue weighted by molar-refractivity contribution is 5.98. The van der Waals surface area contributed by atoms with Crippen molar-refractivity contribution in [2.24, 2.45) is 0 Å². The second kappa shape index (κ2) is 22.5. The molecule has 0 amide bonds. The molecule has 0 fully saturated rings. The van der Waals surface area contributed by atoms with Gasteiger partial charge in [0.25, 0.3) is 0 Å². The van der Waals surface area contributed by atoms with E-state index in [-0.39, 0.29) is 29.2 Å². The Labute approximate surface area is 350 Å². The van der Waals surface area contributed by atoms with Crippen LogP contribution in [-0.2, 0) is 19.1 Å². The highest BCUT2D eigenvalue weighted by atomic mass is 16.6. The van der Waals surface area contributed by atoms with Crippen molar-refractivity contribution in [3.8, 4) is 28.7 Å². The summed E-state index contributed by atoms with van der Waals surface area (Å²) in [6, 6.07) is 26.5. The van der Waals surface area contributed by atoms with E-state index < -0.39 is 11.9 Å². The maximum absolute atomic E-state index is 13.2. The van der Waals surface area contributed by atoms with Gasteiger partial charge in [0.15, 0.2) is 11.5 Å². The molecule has 5 aromatic rings. The van der Waals surface area contributed by atoms with Crippen molar-refractivity contribution in [2.75, 3.05) is 33.5 Å². The number of hydrogen-bond acceptors (Lipinski definition) is 11. The van der Waals surface area contributed by atoms with E-state index in [0.717, 1.165) is 84.4 Å². The monoisotopic (exact) mass is 816 g/mol. The summed E-state index contributed by atoms with van der Waals surface area (Å²) < 4.78 is 38.9. The van der Waals surface area contributed by atoms with Crippen molar-refractivity contribution in [2.45, 2.75) is 65.2 Å². The van der Waals surface area contributed by atoms with Gasteiger partial charge in [0.2, 0.25) is 0 Å². The average molecular weight is 817 g/mol. The fourth-order valence-corrected chi connectivity index (χ4v) is 6.07. The molecule has 0 saturated carbocycles. The number of unbranched alkanes of at least 4 members (excludes halogenated alkanes) is 6. The van der Waals surface area contributed by atoms with Crippen LogP contribution >= 0.6 is 0 Å². The summed E-state index contributed by atoms with van der Waals surface area (Å²) in [6.45, 7) is 12.3. The summed E-state index contributed by atoms with van der Waals surface area (Å²) in [5, 5.41) is 3.52. The van der Waals surface area contributed by atoms with E-state index in [1.165, 1.54) is 25.3 Å². The van der Waals surface area contributed by atoms with Gasteiger partial charge in [-0.1, -0.05) is 37.4 Å². The summed E-state index contributed by atoms with van der Waals surface area (Å²) in [6.07, 6.45) is 7.11. The van der Waals surface area contributed by atoms with Gasteiger partial charge in [0, 0.05) is 17.2 Å². The lowest BCUT2D eigenvalue weighted by Crippen LogP contribution is -2.10. The van der Waals surface area contributed by atoms with Crippen LogP contribution in [0, 0.1) is 0 Å². The van der Waals surface area contributed by atoms with Crippen LogP contribution in [0.2, 0.25) is 0 Å². The molecule has 11 nitrogen and oxygen atoms in total. The highest BCUT2D eigenvalue weighted by Gasteiger charge is 2.17. The number of ether oxygens (including phenoxy) is 7. The second-order valence-corrected chi connectivity index (χ2v) is 14.4. The first kappa shape index (κ1) is 44.5. The Hall–Kier alpha value is -6.62. The number of carbonyl (C=O) groups excluding carboxylic acids is 4. The van der Waals surface area contributed by atoms with Crippen LogP contribution in [0.4, 0.5) is 0 Å². The Morgan fingerprint density at radius 3 is 1.33 bits per heavy atom. The molecule has 0 aromatic heterocycles. The van der Waals surface area contributed by atoms with Crippen molar-refractivity contribution in [1.82, 2.24) is 0 Å². The van der Waals surface area contributed by atoms with Gasteiger partial charge in [-0.15, -0.1) is 0 Å². The van der Waals surface area contributed by atoms with Gasteiger partial charge in [-0.2, -0.15) is 0 Å². The normalized spacial score (nSPS) is 10.8. The van der Waals surface area contributed by atoms with E-state index in [9.17, 15) is 19.2 Å². The van der Waals surface area contributed by atoms with Crippen LogP contribution in [0.1, 0.15) is 85.9 Å². The zero-order valence-electron chi connectivity index (χ0n) is 34.6. The van der Waals surface area contributed by atoms with Gasteiger partial charge in [-0.3, -0.25) is 0 Å². The van der Waals surface area contributed by atoms with Gasteiger partial charge in [-0.05, 0) is 147 Å². The maximum atomic E-state index is 13.2. The van der Waals surface area contributed by atoms with Gasteiger partial charge in [0.05, 0.1) is 44.7 Å². The van der Waals surface area contributed by atoms with Crippen LogP contribution in [0.15, 0.2) is 115 Å². The molecule has 0 radical (unpaired) electrons. The molecule has 0 bridgehead atoms. The number of carbonyl (C=O) groups is 4. The molecule has 0 N–H and O–H groups in total. The van der Waals surface area contributed by atoms with Crippen LogP contribution in [0.5, 0.6) is 28.7 Å². The summed E-state index contributed by atoms with van der Waals surface area (Å²) >= 11 is 0. The molecule has 0 atom stereocenters. The molecular formula is C49H52O11. The molecule has 0 aliphatic heterocycles. The van der Waals surface area contributed by atoms with E-state index in [4.69, 9.17) is 33.2 Å². The van der Waals surface area contributed by atoms with Gasteiger partial charge in [0.1, 0.15) is 17.2 Å². The maximum Gasteiger partial charge on any atom is 0.343 e. The van der Waals surface area contributed by atoms with Crippen LogP contribution in [-0.4, -0.2) is 57.4 Å². The number of rotatable bonds is 23. The van der Waals surface area contributed by atoms with Crippen molar-refractivity contribution < 1.29 is 52.3 Å². The minimum atomic E-state index is -0.574. The number of methoxy groups -OCH3 is 1. The summed E-state index contributed by atoms with van der Waals surface area (Å²) in [5.41, 5.74) is 1.52. The van der Waals surface area contributed by atoms with Crippen molar-refractivity contribution in [3.63, 3.8) is 0 Å². The first-order chi connectivity index (χ1) is 29.0. The molecule has 0 spiro atoms. The molecular weight excluding hydrogens is 765 g/mol. The average Bonchev–Trinajstić information content (AvgIpc) is 3.25. The molecule has 314 valence electrons. The molecule has 5 aromatic carbocycles. The fraction of sp³-hybridized carbons (Fsp3) is 0.306. The van der Waals surface area contributed by atoms with Gasteiger partial charge >= 0.3 is 23.9 Å². The Balaban J connectivity index is 1.07. The van der Waals surface area contributed by atoms with E-state index in [2.05, 4.69) is 13.2 Å². The molecule has 5 rings (SSSR count). The minimum Gasteiger partial charge on any atom is -0.494 e. The van der Waals surface area contributed by atoms with Gasteiger partial charge in [-0.25, -0.2) is 19.2 Å². The van der Waals surface area contributed by atoms with E-state index in [0.29, 0.717) is 48.7 Å². The van der Waals surface area contributed by atoms with Gasteiger partial charge < -0.3 is 33.2 Å². The van der Waals surface area contributed by atoms with Crippen LogP contribution in [0.25, 0.3) is 21.5 Å². The molecule has 60 heavy (non-hydrogen) atoms. The zero-order valence-corrected chi connectivity index (χ0v) is 34.6. The zero-order chi connectivity index (χ0) is 42.9. The Morgan fingerprint density at radius 1 is 0.450 bits per heavy atom. The van der Waals surface area contributed by atoms with E-state index in [1.807, 2.05) is 48.5 Å². The van der Waals surface area contributed by atoms with Crippen LogP contribution in [0.3, 0.4) is 0 Å². The number of hydrogen-bond donors (Lipinski definition) is 0. The summed E-state index contributed by atoms with van der Waals surface area (Å²) in [7, 11) is 1.44. The summed E-state index contributed by atoms with van der Waals surface area (Å²) in [4.78, 5) is 49.2. The highest BCUT2D eigenvalue weighted by Crippen LogP contribution is 2.33. The third-order valence-electron chi connectivity index (χ3n) is 9.42. The van der Waals surface area contributed by atoms with Crippen LogP contribution < -0.4 is 23.7 Å². The lowest BCUT2D eigenvalue weighted by atomic mass is 10.1. The molecule has 0 aliphatic carbocycles. The van der Waals surface area contributed by atoms with Crippen molar-refractivity contribution in [1.29, 1.82) is 0 Å². The number of fused-ring (bicyclic) bond motifs is 2. The SMILES string of the molecule is C=C(C)C(=O)OCCCCCCOc1ccc2cc(C(=O)Oc3ccc(OC(=O)c4ccc5cc(OCCCCCCOC(=O)C(=C)C)ccc5c4)c(OC)c3)ccc2c1. The second-order valence-electron chi connectivity index (χ2n) is 14.4. The van der Waals surface area contributed by atoms with E-state index >= 15 is 0 Å². The van der Waals surface area contributed by atoms with E-state index in [1.54, 1.807) is 38.1 Å². The summed E-state index contributed by atoms with van der Waals surface area (Å²) in [5.74, 6) is 0.239. The number of benzene rings is 5. The largest absolute Gasteiger partial charge is 0.494 e. The quantitative estimate of drug-likeness (QED) is 0.0270. The lowest BCUT2D eigenvalue weighted by molar-refractivity contribution is -0.139. The fourth-order valence-electron chi connectivity index (χ4n) is 6.07. The predicted molar refractivity (Wildman–Crippen MR) is 230 cm³/mol. The minimum absolute atomic E-state index is 0.171. The standard InChI is InChI=1S/C49H52O11/c1-33(2)46(50)57-26-12-8-6-10-24-55-41-20-18-35-28-39(16-14-37(35)30-41)48(52)59-43-22-23-44(45(32-43)54-5)60-49(53)40-17-15-38-31-42(21-19-36(38)29-40)56-25-11-7-9-13-27-58-47(51)34(3)4/h14-23,28-32H,1,3,6-13,24-27H2,2,4-5H3. The Morgan fingerprint density at radius 2 is 0.867 bits per heavy atom. The third kappa shape index (κ3) is 13.5. The topological polar surface area (TPSA) is 133 Å². The lowest BCUT2D eigenvalue weighted by Gasteiger charge is -2.12. The van der Waals surface area contributed by atoms with Crippen molar-refractivity contribution >= 4 is 45.4 Å². The first-order valence-corrected chi connectivity index (χ1v) is 20.1. The molecule has 0 unspecified atom stereocenters. The molecule has 0 aliphatic rings. The van der Waals surface area contributed by atoms with Crippen molar-refractivity contribution in [3.05, 3.63) is 126 Å². The molecule has 0 heterocycles.